The van der Waals surface area contributed by atoms with Crippen LogP contribution in [0.15, 0.2) is 24.5 Å². The van der Waals surface area contributed by atoms with Crippen LogP contribution in [0.1, 0.15) is 25.8 Å². The summed E-state index contributed by atoms with van der Waals surface area (Å²) in [5, 5.41) is 2.90. The minimum absolute atomic E-state index is 0.0850. The molecule has 0 aliphatic heterocycles. The molecule has 0 radical (unpaired) electrons. The summed E-state index contributed by atoms with van der Waals surface area (Å²) in [6.45, 7) is 5.06. The minimum Gasteiger partial charge on any atom is -0.356 e. The first-order valence-electron chi connectivity index (χ1n) is 5.34. The average Bonchev–Trinajstić information content (AvgIpc) is 2.18. The smallest absolute Gasteiger partial charge is 0.224 e. The third-order valence-corrected chi connectivity index (χ3v) is 2.16. The van der Waals surface area contributed by atoms with Crippen molar-refractivity contribution in [2.24, 2.45) is 5.92 Å². The second-order valence-corrected chi connectivity index (χ2v) is 4.06. The van der Waals surface area contributed by atoms with Gasteiger partial charge in [0.05, 0.1) is 6.42 Å². The van der Waals surface area contributed by atoms with Gasteiger partial charge in [-0.25, -0.2) is 0 Å². The maximum Gasteiger partial charge on any atom is 0.224 e. The van der Waals surface area contributed by atoms with Crippen molar-refractivity contribution in [2.45, 2.75) is 26.7 Å². The van der Waals surface area contributed by atoms with Gasteiger partial charge in [-0.2, -0.15) is 0 Å². The quantitative estimate of drug-likeness (QED) is 0.798. The molecule has 0 saturated carbocycles. The van der Waals surface area contributed by atoms with Gasteiger partial charge in [0, 0.05) is 18.9 Å². The highest BCUT2D eigenvalue weighted by Crippen LogP contribution is 1.99. The number of carbonyl (C=O) groups is 1. The third-order valence-electron chi connectivity index (χ3n) is 2.16. The largest absolute Gasteiger partial charge is 0.356 e. The Bertz CT molecular complexity index is 296. The SMILES string of the molecule is CC(C)CCNC(=O)Cc1ccncc1. The first kappa shape index (κ1) is 11.7. The van der Waals surface area contributed by atoms with Gasteiger partial charge in [-0.3, -0.25) is 9.78 Å². The summed E-state index contributed by atoms with van der Waals surface area (Å²) >= 11 is 0. The van der Waals surface area contributed by atoms with E-state index >= 15 is 0 Å². The fourth-order valence-electron chi connectivity index (χ4n) is 1.25. The van der Waals surface area contributed by atoms with Crippen LogP contribution in [0.2, 0.25) is 0 Å². The Labute approximate surface area is 90.9 Å². The molecule has 0 aliphatic carbocycles. The number of pyridine rings is 1. The Balaban J connectivity index is 2.25. The molecule has 0 aromatic carbocycles. The summed E-state index contributed by atoms with van der Waals surface area (Å²) in [4.78, 5) is 15.4. The summed E-state index contributed by atoms with van der Waals surface area (Å²) in [5.74, 6) is 0.716. The van der Waals surface area contributed by atoms with Crippen molar-refractivity contribution in [1.82, 2.24) is 10.3 Å². The fourth-order valence-corrected chi connectivity index (χ4v) is 1.25. The van der Waals surface area contributed by atoms with E-state index in [1.165, 1.54) is 0 Å². The number of rotatable bonds is 5. The lowest BCUT2D eigenvalue weighted by molar-refractivity contribution is -0.120. The van der Waals surface area contributed by atoms with Gasteiger partial charge in [0.15, 0.2) is 0 Å². The van der Waals surface area contributed by atoms with Gasteiger partial charge in [-0.15, -0.1) is 0 Å². The van der Waals surface area contributed by atoms with Crippen molar-refractivity contribution >= 4 is 5.91 Å². The summed E-state index contributed by atoms with van der Waals surface area (Å²) in [6.07, 6.45) is 4.89. The molecule has 0 unspecified atom stereocenters. The predicted molar refractivity (Wildman–Crippen MR) is 60.4 cm³/mol. The van der Waals surface area contributed by atoms with Crippen LogP contribution in [0.4, 0.5) is 0 Å². The highest BCUT2D eigenvalue weighted by Gasteiger charge is 2.02. The fraction of sp³-hybridized carbons (Fsp3) is 0.500. The Morgan fingerprint density at radius 3 is 2.67 bits per heavy atom. The van der Waals surface area contributed by atoms with E-state index in [-0.39, 0.29) is 5.91 Å². The maximum atomic E-state index is 11.5. The van der Waals surface area contributed by atoms with E-state index < -0.39 is 0 Å². The van der Waals surface area contributed by atoms with Crippen molar-refractivity contribution in [2.75, 3.05) is 6.54 Å². The summed E-state index contributed by atoms with van der Waals surface area (Å²) in [6, 6.07) is 3.73. The van der Waals surface area contributed by atoms with Crippen LogP contribution in [-0.2, 0) is 11.2 Å². The maximum absolute atomic E-state index is 11.5. The van der Waals surface area contributed by atoms with E-state index in [1.807, 2.05) is 12.1 Å². The molecule has 0 bridgehead atoms. The molecule has 15 heavy (non-hydrogen) atoms. The van der Waals surface area contributed by atoms with Crippen molar-refractivity contribution in [3.05, 3.63) is 30.1 Å². The standard InChI is InChI=1S/C12H18N2O/c1-10(2)3-8-14-12(15)9-11-4-6-13-7-5-11/h4-7,10H,3,8-9H2,1-2H3,(H,14,15). The number of nitrogens with zero attached hydrogens (tertiary/aromatic N) is 1. The van der Waals surface area contributed by atoms with Crippen LogP contribution in [0.3, 0.4) is 0 Å². The molecule has 1 amide bonds. The number of nitrogens with one attached hydrogen (secondary N) is 1. The molecule has 3 nitrogen and oxygen atoms in total. The topological polar surface area (TPSA) is 42.0 Å². The highest BCUT2D eigenvalue weighted by atomic mass is 16.1. The van der Waals surface area contributed by atoms with Gasteiger partial charge in [0.2, 0.25) is 5.91 Å². The highest BCUT2D eigenvalue weighted by molar-refractivity contribution is 5.78. The first-order chi connectivity index (χ1) is 7.18. The van der Waals surface area contributed by atoms with Crippen molar-refractivity contribution in [3.8, 4) is 0 Å². The lowest BCUT2D eigenvalue weighted by Crippen LogP contribution is -2.26. The Morgan fingerprint density at radius 2 is 2.07 bits per heavy atom. The molecule has 1 heterocycles. The summed E-state index contributed by atoms with van der Waals surface area (Å²) < 4.78 is 0. The number of hydrogen-bond donors (Lipinski definition) is 1. The zero-order valence-electron chi connectivity index (χ0n) is 9.36. The van der Waals surface area contributed by atoms with Crippen molar-refractivity contribution in [3.63, 3.8) is 0 Å². The molecule has 0 aliphatic rings. The zero-order valence-corrected chi connectivity index (χ0v) is 9.36. The molecule has 1 rings (SSSR count). The zero-order chi connectivity index (χ0) is 11.1. The Morgan fingerprint density at radius 1 is 1.40 bits per heavy atom. The van der Waals surface area contributed by atoms with Gasteiger partial charge < -0.3 is 5.32 Å². The summed E-state index contributed by atoms with van der Waals surface area (Å²) in [7, 11) is 0. The number of aromatic nitrogens is 1. The van der Waals surface area contributed by atoms with Gasteiger partial charge in [-0.1, -0.05) is 13.8 Å². The third kappa shape index (κ3) is 5.15. The first-order valence-corrected chi connectivity index (χ1v) is 5.34. The normalized spacial score (nSPS) is 10.3. The number of hydrogen-bond acceptors (Lipinski definition) is 2. The van der Waals surface area contributed by atoms with Crippen molar-refractivity contribution < 1.29 is 4.79 Å². The molecular weight excluding hydrogens is 188 g/mol. The lowest BCUT2D eigenvalue weighted by atomic mass is 10.1. The number of amides is 1. The van der Waals surface area contributed by atoms with Gasteiger partial charge >= 0.3 is 0 Å². The molecule has 1 aromatic heterocycles. The van der Waals surface area contributed by atoms with Gasteiger partial charge in [0.25, 0.3) is 0 Å². The lowest BCUT2D eigenvalue weighted by Gasteiger charge is -2.06. The van der Waals surface area contributed by atoms with Crippen molar-refractivity contribution in [1.29, 1.82) is 0 Å². The van der Waals surface area contributed by atoms with E-state index in [9.17, 15) is 4.79 Å². The second-order valence-electron chi connectivity index (χ2n) is 4.06. The average molecular weight is 206 g/mol. The predicted octanol–water partition coefficient (Wildman–Crippen LogP) is 1.79. The molecular formula is C12H18N2O. The van der Waals surface area contributed by atoms with E-state index in [4.69, 9.17) is 0 Å². The molecule has 0 fully saturated rings. The van der Waals surface area contributed by atoms with Crippen LogP contribution >= 0.6 is 0 Å². The van der Waals surface area contributed by atoms with E-state index in [0.29, 0.717) is 12.3 Å². The van der Waals surface area contributed by atoms with Crippen LogP contribution in [0.25, 0.3) is 0 Å². The van der Waals surface area contributed by atoms with E-state index in [1.54, 1.807) is 12.4 Å². The minimum atomic E-state index is 0.0850. The van der Waals surface area contributed by atoms with E-state index in [0.717, 1.165) is 18.5 Å². The van der Waals surface area contributed by atoms with Crippen LogP contribution in [0.5, 0.6) is 0 Å². The second kappa shape index (κ2) is 6.17. The van der Waals surface area contributed by atoms with Crippen LogP contribution in [0, 0.1) is 5.92 Å². The van der Waals surface area contributed by atoms with Gasteiger partial charge in [0.1, 0.15) is 0 Å². The monoisotopic (exact) mass is 206 g/mol. The Kier molecular flexibility index (Phi) is 4.81. The molecule has 0 atom stereocenters. The van der Waals surface area contributed by atoms with Gasteiger partial charge in [-0.05, 0) is 30.0 Å². The van der Waals surface area contributed by atoms with Crippen LogP contribution in [-0.4, -0.2) is 17.4 Å². The molecule has 0 spiro atoms. The Hall–Kier alpha value is -1.38. The summed E-state index contributed by atoms with van der Waals surface area (Å²) in [5.41, 5.74) is 1.01. The molecule has 82 valence electrons. The molecule has 3 heteroatoms. The molecule has 1 aromatic rings. The number of carbonyl (C=O) groups excluding carboxylic acids is 1. The van der Waals surface area contributed by atoms with E-state index in [2.05, 4.69) is 24.1 Å². The molecule has 0 saturated heterocycles. The van der Waals surface area contributed by atoms with Crippen LogP contribution < -0.4 is 5.32 Å². The molecule has 1 N–H and O–H groups in total.